The summed E-state index contributed by atoms with van der Waals surface area (Å²) in [4.78, 5) is 22.9. The van der Waals surface area contributed by atoms with E-state index in [-0.39, 0.29) is 12.7 Å². The van der Waals surface area contributed by atoms with Gasteiger partial charge in [0.1, 0.15) is 5.69 Å². The molecule has 0 bridgehead atoms. The summed E-state index contributed by atoms with van der Waals surface area (Å²) in [5, 5.41) is 3.10. The fourth-order valence-corrected chi connectivity index (χ4v) is 2.90. The highest BCUT2D eigenvalue weighted by molar-refractivity contribution is 5.92. The van der Waals surface area contributed by atoms with Crippen LogP contribution in [0, 0.1) is 0 Å². The molecule has 0 aliphatic carbocycles. The van der Waals surface area contributed by atoms with Gasteiger partial charge >= 0.3 is 0 Å². The third-order valence-corrected chi connectivity index (χ3v) is 4.15. The Kier molecular flexibility index (Phi) is 3.90. The Bertz CT molecular complexity index is 759. The first-order chi connectivity index (χ1) is 11.8. The summed E-state index contributed by atoms with van der Waals surface area (Å²) in [6.07, 6.45) is 4.89. The van der Waals surface area contributed by atoms with Crippen molar-refractivity contribution in [3.8, 4) is 11.5 Å². The van der Waals surface area contributed by atoms with Crippen LogP contribution < -0.4 is 14.8 Å². The first-order valence-corrected chi connectivity index (χ1v) is 8.08. The predicted molar refractivity (Wildman–Crippen MR) is 87.6 cm³/mol. The first kappa shape index (κ1) is 14.7. The van der Waals surface area contributed by atoms with E-state index in [0.717, 1.165) is 37.4 Å². The summed E-state index contributed by atoms with van der Waals surface area (Å²) in [6, 6.07) is 7.16. The molecule has 124 valence electrons. The zero-order valence-corrected chi connectivity index (χ0v) is 13.2. The number of anilines is 2. The minimum atomic E-state index is -0.0363. The number of rotatable bonds is 3. The van der Waals surface area contributed by atoms with Crippen molar-refractivity contribution in [3.05, 3.63) is 36.2 Å². The van der Waals surface area contributed by atoms with Crippen molar-refractivity contribution < 1.29 is 14.3 Å². The minimum absolute atomic E-state index is 0.0363. The Balaban J connectivity index is 1.51. The molecule has 1 amide bonds. The number of nitrogens with one attached hydrogen (secondary N) is 1. The maximum absolute atomic E-state index is 12.5. The number of nitrogens with zero attached hydrogens (tertiary/aromatic N) is 3. The number of aromatic nitrogens is 2. The van der Waals surface area contributed by atoms with Gasteiger partial charge in [0.15, 0.2) is 11.5 Å². The lowest BCUT2D eigenvalue weighted by molar-refractivity contribution is 0.0718. The normalized spacial score (nSPS) is 16.1. The van der Waals surface area contributed by atoms with Gasteiger partial charge in [-0.15, -0.1) is 0 Å². The van der Waals surface area contributed by atoms with E-state index in [4.69, 9.17) is 9.47 Å². The molecule has 0 unspecified atom stereocenters. The van der Waals surface area contributed by atoms with Crippen molar-refractivity contribution in [3.63, 3.8) is 0 Å². The monoisotopic (exact) mass is 326 g/mol. The number of carbonyl (C=O) groups is 1. The molecule has 24 heavy (non-hydrogen) atoms. The van der Waals surface area contributed by atoms with Crippen LogP contribution in [0.1, 0.15) is 29.8 Å². The molecular formula is C17H18N4O3. The summed E-state index contributed by atoms with van der Waals surface area (Å²) in [6.45, 7) is 1.83. The highest BCUT2D eigenvalue weighted by Gasteiger charge is 2.20. The van der Waals surface area contributed by atoms with Crippen LogP contribution in [-0.2, 0) is 0 Å². The Morgan fingerprint density at radius 1 is 1.08 bits per heavy atom. The second-order valence-corrected chi connectivity index (χ2v) is 5.81. The van der Waals surface area contributed by atoms with Crippen LogP contribution in [0.25, 0.3) is 0 Å². The number of piperidine rings is 1. The summed E-state index contributed by atoms with van der Waals surface area (Å²) in [5.74, 6) is 1.75. The maximum atomic E-state index is 12.5. The van der Waals surface area contributed by atoms with Crippen molar-refractivity contribution in [1.82, 2.24) is 14.9 Å². The standard InChI is InChI=1S/C17H18N4O3/c22-16(21-8-2-1-3-9-21)13-6-7-18-17(20-13)19-12-4-5-14-15(10-12)24-11-23-14/h4-7,10H,1-3,8-9,11H2,(H,18,19,20). The van der Waals surface area contributed by atoms with Gasteiger partial charge < -0.3 is 19.7 Å². The summed E-state index contributed by atoms with van der Waals surface area (Å²) < 4.78 is 10.6. The van der Waals surface area contributed by atoms with Crippen molar-refractivity contribution in [2.45, 2.75) is 19.3 Å². The molecule has 1 aromatic heterocycles. The summed E-state index contributed by atoms with van der Waals surface area (Å²) >= 11 is 0. The van der Waals surface area contributed by atoms with Crippen LogP contribution in [0.3, 0.4) is 0 Å². The van der Waals surface area contributed by atoms with Gasteiger partial charge in [-0.25, -0.2) is 9.97 Å². The number of fused-ring (bicyclic) bond motifs is 1. The number of hydrogen-bond acceptors (Lipinski definition) is 6. The highest BCUT2D eigenvalue weighted by Crippen LogP contribution is 2.34. The smallest absolute Gasteiger partial charge is 0.272 e. The molecule has 1 N–H and O–H groups in total. The molecule has 0 atom stereocenters. The van der Waals surface area contributed by atoms with Crippen molar-refractivity contribution >= 4 is 17.5 Å². The molecule has 2 aliphatic rings. The third kappa shape index (κ3) is 2.97. The van der Waals surface area contributed by atoms with E-state index in [0.29, 0.717) is 17.4 Å². The van der Waals surface area contributed by atoms with E-state index in [1.165, 1.54) is 6.42 Å². The van der Waals surface area contributed by atoms with Gasteiger partial charge in [0.05, 0.1) is 0 Å². The van der Waals surface area contributed by atoms with Crippen molar-refractivity contribution in [2.24, 2.45) is 0 Å². The van der Waals surface area contributed by atoms with Crippen LogP contribution in [0.5, 0.6) is 11.5 Å². The molecule has 0 radical (unpaired) electrons. The van der Waals surface area contributed by atoms with Crippen molar-refractivity contribution in [2.75, 3.05) is 25.2 Å². The van der Waals surface area contributed by atoms with Gasteiger partial charge in [0.25, 0.3) is 5.91 Å². The molecule has 1 saturated heterocycles. The third-order valence-electron chi connectivity index (χ3n) is 4.15. The average Bonchev–Trinajstić information content (AvgIpc) is 3.10. The quantitative estimate of drug-likeness (QED) is 0.934. The van der Waals surface area contributed by atoms with Crippen LogP contribution in [0.2, 0.25) is 0 Å². The largest absolute Gasteiger partial charge is 0.454 e. The molecule has 2 aliphatic heterocycles. The Hall–Kier alpha value is -2.83. The second kappa shape index (κ2) is 6.35. The van der Waals surface area contributed by atoms with E-state index >= 15 is 0 Å². The highest BCUT2D eigenvalue weighted by atomic mass is 16.7. The van der Waals surface area contributed by atoms with Gasteiger partial charge in [-0.3, -0.25) is 4.79 Å². The number of benzene rings is 1. The molecule has 7 heteroatoms. The molecule has 1 fully saturated rings. The minimum Gasteiger partial charge on any atom is -0.454 e. The van der Waals surface area contributed by atoms with Crippen molar-refractivity contribution in [1.29, 1.82) is 0 Å². The Morgan fingerprint density at radius 2 is 1.92 bits per heavy atom. The van der Waals surface area contributed by atoms with E-state index in [9.17, 15) is 4.79 Å². The fourth-order valence-electron chi connectivity index (χ4n) is 2.90. The zero-order valence-electron chi connectivity index (χ0n) is 13.2. The Labute approximate surface area is 139 Å². The maximum Gasteiger partial charge on any atom is 0.272 e. The summed E-state index contributed by atoms with van der Waals surface area (Å²) in [5.41, 5.74) is 1.19. The lowest BCUT2D eigenvalue weighted by atomic mass is 10.1. The zero-order chi connectivity index (χ0) is 16.4. The lowest BCUT2D eigenvalue weighted by Gasteiger charge is -2.26. The van der Waals surface area contributed by atoms with Crippen LogP contribution in [0.4, 0.5) is 11.6 Å². The molecular weight excluding hydrogens is 308 g/mol. The summed E-state index contributed by atoms with van der Waals surface area (Å²) in [7, 11) is 0. The fraction of sp³-hybridized carbons (Fsp3) is 0.353. The average molecular weight is 326 g/mol. The molecule has 3 heterocycles. The number of ether oxygens (including phenoxy) is 2. The van der Waals surface area contributed by atoms with E-state index < -0.39 is 0 Å². The number of carbonyl (C=O) groups excluding carboxylic acids is 1. The van der Waals surface area contributed by atoms with E-state index in [1.807, 2.05) is 23.1 Å². The van der Waals surface area contributed by atoms with Gasteiger partial charge in [-0.1, -0.05) is 0 Å². The molecule has 4 rings (SSSR count). The number of amides is 1. The Morgan fingerprint density at radius 3 is 2.79 bits per heavy atom. The molecule has 1 aromatic carbocycles. The van der Waals surface area contributed by atoms with Gasteiger partial charge in [-0.2, -0.15) is 0 Å². The van der Waals surface area contributed by atoms with Gasteiger partial charge in [-0.05, 0) is 37.5 Å². The lowest BCUT2D eigenvalue weighted by Crippen LogP contribution is -2.36. The van der Waals surface area contributed by atoms with Crippen LogP contribution >= 0.6 is 0 Å². The van der Waals surface area contributed by atoms with Crippen LogP contribution in [0.15, 0.2) is 30.5 Å². The molecule has 2 aromatic rings. The molecule has 0 spiro atoms. The molecule has 7 nitrogen and oxygen atoms in total. The first-order valence-electron chi connectivity index (χ1n) is 8.08. The SMILES string of the molecule is O=C(c1ccnc(Nc2ccc3c(c2)OCO3)n1)N1CCCCC1. The number of likely N-dealkylation sites (tertiary alicyclic amines) is 1. The van der Waals surface area contributed by atoms with Crippen LogP contribution in [-0.4, -0.2) is 40.7 Å². The van der Waals surface area contributed by atoms with E-state index in [2.05, 4.69) is 15.3 Å². The molecule has 0 saturated carbocycles. The topological polar surface area (TPSA) is 76.6 Å². The number of hydrogen-bond donors (Lipinski definition) is 1. The predicted octanol–water partition coefficient (Wildman–Crippen LogP) is 2.58. The van der Waals surface area contributed by atoms with Gasteiger partial charge in [0, 0.05) is 31.0 Å². The second-order valence-electron chi connectivity index (χ2n) is 5.81. The van der Waals surface area contributed by atoms with Gasteiger partial charge in [0.2, 0.25) is 12.7 Å². The van der Waals surface area contributed by atoms with E-state index in [1.54, 1.807) is 12.3 Å².